The zero-order chi connectivity index (χ0) is 76.1. The molecule has 0 radical (unpaired) electrons. The molecule has 1 N–H and O–H groups in total. The van der Waals surface area contributed by atoms with Crippen LogP contribution in [0.15, 0.2) is 387 Å². The van der Waals surface area contributed by atoms with Gasteiger partial charge in [0.25, 0.3) is 0 Å². The molecular formula is C106H62N6O3S. The monoisotopic (exact) mass is 1500 g/mol. The Balaban J connectivity index is 0.557. The predicted molar refractivity (Wildman–Crippen MR) is 480 cm³/mol. The first-order valence-electron chi connectivity index (χ1n) is 39.1. The van der Waals surface area contributed by atoms with Crippen LogP contribution < -0.4 is 5.32 Å². The van der Waals surface area contributed by atoms with E-state index < -0.39 is 6.17 Å². The highest BCUT2D eigenvalue weighted by atomic mass is 32.1. The Hall–Kier alpha value is -15.2. The highest BCUT2D eigenvalue weighted by Gasteiger charge is 2.29. The number of furan rings is 3. The predicted octanol–water partition coefficient (Wildman–Crippen LogP) is 28.4. The number of nitrogens with zero attached hydrogens (tertiary/aromatic N) is 5. The molecule has 0 bridgehead atoms. The fraction of sp³-hybridized carbons (Fsp3) is 0.00943. The lowest BCUT2D eigenvalue weighted by atomic mass is 9.95. The van der Waals surface area contributed by atoms with Crippen molar-refractivity contribution in [3.05, 3.63) is 381 Å². The summed E-state index contributed by atoms with van der Waals surface area (Å²) in [6, 6.07) is 129. The molecule has 0 aliphatic carbocycles. The number of fused-ring (bicyclic) bond motifs is 16. The summed E-state index contributed by atoms with van der Waals surface area (Å²) in [6.45, 7) is 0. The first-order valence-corrected chi connectivity index (χ1v) is 39.9. The number of rotatable bonds is 11. The third kappa shape index (κ3) is 10.9. The fourth-order valence-electron chi connectivity index (χ4n) is 17.6. The Labute approximate surface area is 667 Å². The molecule has 540 valence electrons. The van der Waals surface area contributed by atoms with Crippen LogP contribution in [-0.2, 0) is 0 Å². The maximum atomic E-state index is 6.92. The Bertz CT molecular complexity index is 8150. The van der Waals surface area contributed by atoms with Gasteiger partial charge in [0.15, 0.2) is 23.3 Å². The van der Waals surface area contributed by atoms with E-state index in [0.717, 1.165) is 187 Å². The minimum absolute atomic E-state index is 0.530. The zero-order valence-corrected chi connectivity index (χ0v) is 62.9. The first kappa shape index (κ1) is 65.5. The van der Waals surface area contributed by atoms with Gasteiger partial charge >= 0.3 is 0 Å². The standard InChI is InChI=1S/C106H62N6O3S/c1-3-16-68-54-70(42-34-61(68)14-1)63-30-38-66(39-31-63)101-108-104(111-105(109-101)88-24-12-27-92-96(88)86-51-50-76(60-93(86)113-92)80-21-13-29-95-97(80)87-20-7-10-28-94(87)116-95)78-49-37-65-35-43-75(58-79(65)59-78)74-47-46-72-55-71(44-45-73(72)56-74)64-32-40-67(41-33-64)102-107-103(77-48-36-62-15-2-4-17-69(62)57-77)112-106(110-102)89-53-52-84(100-98(89)85-19-6-9-26-91(85)115-100)83-23-11-22-82-81-18-5-8-25-90(81)114-99(82)83/h1-60,106H,(H,107,110,112). The molecule has 0 saturated heterocycles. The molecule has 10 heteroatoms. The van der Waals surface area contributed by atoms with Crippen LogP contribution in [0, 0.1) is 0 Å². The summed E-state index contributed by atoms with van der Waals surface area (Å²) >= 11 is 1.83. The normalized spacial score (nSPS) is 13.3. The van der Waals surface area contributed by atoms with E-state index in [1.807, 2.05) is 47.7 Å². The molecule has 9 nitrogen and oxygen atoms in total. The second kappa shape index (κ2) is 26.2. The molecule has 1 atom stereocenters. The highest BCUT2D eigenvalue weighted by molar-refractivity contribution is 7.26. The van der Waals surface area contributed by atoms with Gasteiger partial charge in [-0.3, -0.25) is 0 Å². The quantitative estimate of drug-likeness (QED) is 0.137. The van der Waals surface area contributed by atoms with Crippen LogP contribution in [0.3, 0.4) is 0 Å². The molecule has 116 heavy (non-hydrogen) atoms. The first-order chi connectivity index (χ1) is 57.4. The number of para-hydroxylation sites is 3. The van der Waals surface area contributed by atoms with Gasteiger partial charge in [-0.2, -0.15) is 0 Å². The van der Waals surface area contributed by atoms with Gasteiger partial charge in [0.2, 0.25) is 0 Å². The number of amidine groups is 2. The highest BCUT2D eigenvalue weighted by Crippen LogP contribution is 2.47. The SMILES string of the molecule is c1ccc2cc(C3=NC(c4ccc(-c5ccc6cc(-c7ccc8ccc(-c9nc(-c%10ccc(-c%11ccc%12ccccc%12c%11)cc%10)nc(-c%10cccc%11oc%12cc(-c%13cccc%14sc%15ccccc%15c%13%14)ccc%12c%10%11)n9)cc8c7)ccc6c5)cc4)=NC(c4ccc(-c5cccc6c5oc5ccccc56)c5oc6ccccc6c45)N3)ccc2c1. The number of thiophene rings is 1. The molecule has 18 aromatic carbocycles. The molecule has 23 aromatic rings. The Kier molecular flexibility index (Phi) is 14.8. The van der Waals surface area contributed by atoms with Crippen molar-refractivity contribution < 1.29 is 13.3 Å². The van der Waals surface area contributed by atoms with Gasteiger partial charge in [-0.15, -0.1) is 11.3 Å². The van der Waals surface area contributed by atoms with E-state index in [1.165, 1.54) is 36.5 Å². The lowest BCUT2D eigenvalue weighted by Crippen LogP contribution is -2.33. The van der Waals surface area contributed by atoms with Crippen molar-refractivity contribution in [1.29, 1.82) is 0 Å². The van der Waals surface area contributed by atoms with Gasteiger partial charge in [0.05, 0.1) is 0 Å². The van der Waals surface area contributed by atoms with Crippen LogP contribution in [0.1, 0.15) is 22.9 Å². The van der Waals surface area contributed by atoms with Gasteiger partial charge < -0.3 is 18.6 Å². The summed E-state index contributed by atoms with van der Waals surface area (Å²) in [4.78, 5) is 27.0. The third-order valence-electron chi connectivity index (χ3n) is 23.4. The van der Waals surface area contributed by atoms with Gasteiger partial charge in [-0.05, 0) is 166 Å². The third-order valence-corrected chi connectivity index (χ3v) is 24.5. The molecule has 24 rings (SSSR count). The average molecular weight is 1500 g/mol. The van der Waals surface area contributed by atoms with Crippen molar-refractivity contribution in [1.82, 2.24) is 20.3 Å². The van der Waals surface area contributed by atoms with E-state index >= 15 is 0 Å². The molecular weight excluding hydrogens is 1440 g/mol. The number of aromatic nitrogens is 3. The van der Waals surface area contributed by atoms with Crippen LogP contribution >= 0.6 is 11.3 Å². The van der Waals surface area contributed by atoms with E-state index in [4.69, 9.17) is 38.2 Å². The fourth-order valence-corrected chi connectivity index (χ4v) is 18.7. The Morgan fingerprint density at radius 2 is 0.716 bits per heavy atom. The van der Waals surface area contributed by atoms with Gasteiger partial charge in [0.1, 0.15) is 45.5 Å². The van der Waals surface area contributed by atoms with Crippen LogP contribution in [0.4, 0.5) is 0 Å². The molecule has 1 aliphatic heterocycles. The van der Waals surface area contributed by atoms with E-state index in [2.05, 4.69) is 333 Å². The van der Waals surface area contributed by atoms with E-state index in [0.29, 0.717) is 23.3 Å². The van der Waals surface area contributed by atoms with Gasteiger partial charge in [0, 0.05) is 97.0 Å². The molecule has 1 aliphatic rings. The minimum Gasteiger partial charge on any atom is -0.456 e. The Morgan fingerprint density at radius 1 is 0.250 bits per heavy atom. The molecule has 0 saturated carbocycles. The molecule has 1 unspecified atom stereocenters. The minimum atomic E-state index is -0.530. The summed E-state index contributed by atoms with van der Waals surface area (Å²) < 4.78 is 22.9. The average Bonchev–Trinajstić information content (AvgIpc) is 1.58. The van der Waals surface area contributed by atoms with E-state index in [-0.39, 0.29) is 0 Å². The molecule has 5 aromatic heterocycles. The number of aliphatic imine (C=N–C) groups is 2. The number of hydrogen-bond donors (Lipinski definition) is 1. The van der Waals surface area contributed by atoms with Crippen molar-refractivity contribution in [3.8, 4) is 89.8 Å². The summed E-state index contributed by atoms with van der Waals surface area (Å²) in [5, 5.41) is 21.6. The van der Waals surface area contributed by atoms with Crippen molar-refractivity contribution in [3.63, 3.8) is 0 Å². The van der Waals surface area contributed by atoms with Crippen molar-refractivity contribution >= 4 is 152 Å². The van der Waals surface area contributed by atoms with Crippen LogP contribution in [-0.4, -0.2) is 26.6 Å². The molecule has 0 spiro atoms. The van der Waals surface area contributed by atoms with Crippen molar-refractivity contribution in [2.45, 2.75) is 6.17 Å². The maximum Gasteiger partial charge on any atom is 0.164 e. The smallest absolute Gasteiger partial charge is 0.164 e. The van der Waals surface area contributed by atoms with E-state index in [9.17, 15) is 0 Å². The van der Waals surface area contributed by atoms with Crippen LogP contribution in [0.25, 0.3) is 219 Å². The van der Waals surface area contributed by atoms with E-state index in [1.54, 1.807) is 0 Å². The van der Waals surface area contributed by atoms with Gasteiger partial charge in [-0.1, -0.05) is 285 Å². The van der Waals surface area contributed by atoms with Gasteiger partial charge in [-0.25, -0.2) is 24.9 Å². The maximum absolute atomic E-state index is 6.92. The molecule has 0 fully saturated rings. The van der Waals surface area contributed by atoms with Crippen molar-refractivity contribution in [2.24, 2.45) is 9.98 Å². The molecule has 0 amide bonds. The summed E-state index contributed by atoms with van der Waals surface area (Å²) in [7, 11) is 0. The molecule has 6 heterocycles. The topological polar surface area (TPSA) is 115 Å². The number of benzene rings is 18. The van der Waals surface area contributed by atoms with Crippen LogP contribution in [0.2, 0.25) is 0 Å². The summed E-state index contributed by atoms with van der Waals surface area (Å²) in [5.41, 5.74) is 21.1. The van der Waals surface area contributed by atoms with Crippen LogP contribution in [0.5, 0.6) is 0 Å². The second-order valence-electron chi connectivity index (χ2n) is 30.2. The lowest BCUT2D eigenvalue weighted by Gasteiger charge is -2.25. The van der Waals surface area contributed by atoms with Crippen molar-refractivity contribution in [2.75, 3.05) is 0 Å². The zero-order valence-electron chi connectivity index (χ0n) is 62.1. The largest absolute Gasteiger partial charge is 0.456 e. The Morgan fingerprint density at radius 3 is 1.46 bits per heavy atom. The number of hydrogen-bond acceptors (Lipinski definition) is 10. The lowest BCUT2D eigenvalue weighted by molar-refractivity contribution is 0.661. The summed E-state index contributed by atoms with van der Waals surface area (Å²) in [5.74, 6) is 3.06. The summed E-state index contributed by atoms with van der Waals surface area (Å²) in [6.07, 6.45) is -0.530. The second-order valence-corrected chi connectivity index (χ2v) is 31.2. The number of nitrogens with one attached hydrogen (secondary N) is 1.